The molecule has 0 bridgehead atoms. The minimum absolute atomic E-state index is 0.0466. The largest absolute Gasteiger partial charge is 0.492 e. The van der Waals surface area contributed by atoms with Crippen LogP contribution in [0.5, 0.6) is 5.75 Å². The number of carbonyl (C=O) groups excluding carboxylic acids is 1. The van der Waals surface area contributed by atoms with Crippen LogP contribution in [0, 0.1) is 6.92 Å². The zero-order valence-corrected chi connectivity index (χ0v) is 15.0. The van der Waals surface area contributed by atoms with Gasteiger partial charge >= 0.3 is 5.76 Å². The van der Waals surface area contributed by atoms with Crippen molar-refractivity contribution in [3.05, 3.63) is 64.6 Å². The number of aryl methyl sites for hydroxylation is 2. The summed E-state index contributed by atoms with van der Waals surface area (Å²) in [7, 11) is 1.73. The van der Waals surface area contributed by atoms with Crippen LogP contribution in [0.3, 0.4) is 0 Å². The van der Waals surface area contributed by atoms with Crippen molar-refractivity contribution in [2.45, 2.75) is 19.9 Å². The van der Waals surface area contributed by atoms with Crippen LogP contribution >= 0.6 is 0 Å². The van der Waals surface area contributed by atoms with Crippen molar-refractivity contribution in [2.75, 3.05) is 20.2 Å². The van der Waals surface area contributed by atoms with Gasteiger partial charge in [-0.05, 0) is 31.2 Å². The second kappa shape index (κ2) is 7.91. The van der Waals surface area contributed by atoms with Gasteiger partial charge in [0.15, 0.2) is 5.58 Å². The highest BCUT2D eigenvalue weighted by atomic mass is 16.5. The Kier molecular flexibility index (Phi) is 5.41. The third-order valence-electron chi connectivity index (χ3n) is 4.27. The number of rotatable bonds is 7. The molecule has 1 heterocycles. The van der Waals surface area contributed by atoms with Crippen molar-refractivity contribution in [1.82, 2.24) is 9.47 Å². The molecular formula is C20H22N2O4. The zero-order chi connectivity index (χ0) is 18.5. The Labute approximate surface area is 151 Å². The summed E-state index contributed by atoms with van der Waals surface area (Å²) in [6, 6.07) is 15.0. The first-order valence-corrected chi connectivity index (χ1v) is 8.56. The first-order chi connectivity index (χ1) is 12.5. The van der Waals surface area contributed by atoms with Gasteiger partial charge in [0.2, 0.25) is 5.91 Å². The molecular weight excluding hydrogens is 332 g/mol. The van der Waals surface area contributed by atoms with E-state index >= 15 is 0 Å². The summed E-state index contributed by atoms with van der Waals surface area (Å²) in [6.45, 7) is 3.20. The Morgan fingerprint density at radius 1 is 1.15 bits per heavy atom. The number of likely N-dealkylation sites (N-methyl/N-ethyl adjacent to an activating group) is 1. The second-order valence-corrected chi connectivity index (χ2v) is 6.21. The zero-order valence-electron chi connectivity index (χ0n) is 15.0. The van der Waals surface area contributed by atoms with E-state index in [1.54, 1.807) is 18.0 Å². The third-order valence-corrected chi connectivity index (χ3v) is 4.27. The first kappa shape index (κ1) is 17.8. The van der Waals surface area contributed by atoms with Gasteiger partial charge in [-0.3, -0.25) is 9.36 Å². The van der Waals surface area contributed by atoms with Crippen molar-refractivity contribution >= 4 is 17.0 Å². The quantitative estimate of drug-likeness (QED) is 0.654. The maximum Gasteiger partial charge on any atom is 0.419 e. The Bertz CT molecular complexity index is 940. The average Bonchev–Trinajstić information content (AvgIpc) is 2.96. The van der Waals surface area contributed by atoms with Crippen LogP contribution in [0.2, 0.25) is 0 Å². The van der Waals surface area contributed by atoms with Crippen LogP contribution in [0.4, 0.5) is 0 Å². The monoisotopic (exact) mass is 354 g/mol. The molecule has 0 aliphatic rings. The molecule has 2 aromatic carbocycles. The predicted octanol–water partition coefficient (Wildman–Crippen LogP) is 2.83. The summed E-state index contributed by atoms with van der Waals surface area (Å²) in [5.41, 5.74) is 2.41. The molecule has 6 nitrogen and oxygen atoms in total. The van der Waals surface area contributed by atoms with Gasteiger partial charge in [0.05, 0.1) is 12.1 Å². The van der Waals surface area contributed by atoms with Crippen molar-refractivity contribution in [3.8, 4) is 5.75 Å². The molecule has 1 amide bonds. The Morgan fingerprint density at radius 3 is 2.65 bits per heavy atom. The molecule has 0 aliphatic heterocycles. The molecule has 0 saturated heterocycles. The topological polar surface area (TPSA) is 64.7 Å². The number of nitrogens with zero attached hydrogens (tertiary/aromatic N) is 2. The molecule has 0 fully saturated rings. The molecule has 3 rings (SSSR count). The van der Waals surface area contributed by atoms with E-state index in [2.05, 4.69) is 0 Å². The number of hydrogen-bond donors (Lipinski definition) is 0. The minimum atomic E-state index is -0.440. The fourth-order valence-electron chi connectivity index (χ4n) is 2.68. The maximum atomic E-state index is 12.3. The molecule has 0 aliphatic carbocycles. The highest BCUT2D eigenvalue weighted by Crippen LogP contribution is 2.13. The summed E-state index contributed by atoms with van der Waals surface area (Å²) >= 11 is 0. The SMILES string of the molecule is Cc1ccc(OCCN(C)C(=O)CCn2c(=O)oc3ccccc32)cc1. The number of benzene rings is 2. The lowest BCUT2D eigenvalue weighted by atomic mass is 10.2. The lowest BCUT2D eigenvalue weighted by Gasteiger charge is -2.17. The summed E-state index contributed by atoms with van der Waals surface area (Å²) in [6.07, 6.45) is 0.227. The maximum absolute atomic E-state index is 12.3. The lowest BCUT2D eigenvalue weighted by molar-refractivity contribution is -0.130. The molecule has 26 heavy (non-hydrogen) atoms. The summed E-state index contributed by atoms with van der Waals surface area (Å²) < 4.78 is 12.3. The van der Waals surface area contributed by atoms with Crippen LogP contribution in [0.15, 0.2) is 57.7 Å². The van der Waals surface area contributed by atoms with Crippen molar-refractivity contribution < 1.29 is 13.9 Å². The fraction of sp³-hybridized carbons (Fsp3) is 0.300. The van der Waals surface area contributed by atoms with Crippen molar-refractivity contribution in [1.29, 1.82) is 0 Å². The summed E-state index contributed by atoms with van der Waals surface area (Å²) in [5, 5.41) is 0. The van der Waals surface area contributed by atoms with Gasteiger partial charge in [-0.15, -0.1) is 0 Å². The predicted molar refractivity (Wildman–Crippen MR) is 99.4 cm³/mol. The second-order valence-electron chi connectivity index (χ2n) is 6.21. The van der Waals surface area contributed by atoms with E-state index in [1.807, 2.05) is 49.4 Å². The number of para-hydroxylation sites is 2. The summed E-state index contributed by atoms with van der Waals surface area (Å²) in [4.78, 5) is 25.8. The number of carbonyl (C=O) groups is 1. The van der Waals surface area contributed by atoms with Gasteiger partial charge in [-0.2, -0.15) is 0 Å². The van der Waals surface area contributed by atoms with Crippen LogP contribution in [-0.4, -0.2) is 35.6 Å². The van der Waals surface area contributed by atoms with Crippen LogP contribution in [0.25, 0.3) is 11.1 Å². The molecule has 6 heteroatoms. The van der Waals surface area contributed by atoms with Crippen molar-refractivity contribution in [3.63, 3.8) is 0 Å². The van der Waals surface area contributed by atoms with Gasteiger partial charge < -0.3 is 14.1 Å². The van der Waals surface area contributed by atoms with Gasteiger partial charge in [0, 0.05) is 20.0 Å². The number of aromatic nitrogens is 1. The third kappa shape index (κ3) is 4.14. The van der Waals surface area contributed by atoms with Gasteiger partial charge in [-0.1, -0.05) is 29.8 Å². The van der Waals surface area contributed by atoms with E-state index in [0.717, 1.165) is 5.75 Å². The molecule has 3 aromatic rings. The summed E-state index contributed by atoms with van der Waals surface area (Å²) in [5.74, 6) is 0.298. The Morgan fingerprint density at radius 2 is 1.88 bits per heavy atom. The minimum Gasteiger partial charge on any atom is -0.492 e. The Hall–Kier alpha value is -3.02. The molecule has 0 spiro atoms. The molecule has 136 valence electrons. The van der Waals surface area contributed by atoms with Crippen LogP contribution < -0.4 is 10.5 Å². The number of fused-ring (bicyclic) bond motifs is 1. The number of oxazole rings is 1. The molecule has 0 N–H and O–H groups in total. The highest BCUT2D eigenvalue weighted by molar-refractivity contribution is 5.76. The van der Waals surface area contributed by atoms with Crippen LogP contribution in [0.1, 0.15) is 12.0 Å². The van der Waals surface area contributed by atoms with E-state index < -0.39 is 5.76 Å². The molecule has 0 saturated carbocycles. The van der Waals surface area contributed by atoms with Gasteiger partial charge in [-0.25, -0.2) is 4.79 Å². The molecule has 0 unspecified atom stereocenters. The number of hydrogen-bond acceptors (Lipinski definition) is 4. The fourth-order valence-corrected chi connectivity index (χ4v) is 2.68. The van der Waals surface area contributed by atoms with E-state index in [4.69, 9.17) is 9.15 Å². The standard InChI is InChI=1S/C20H22N2O4/c1-15-7-9-16(10-8-15)25-14-13-21(2)19(23)11-12-22-17-5-3-4-6-18(17)26-20(22)24/h3-10H,11-14H2,1-2H3. The smallest absolute Gasteiger partial charge is 0.419 e. The van der Waals surface area contributed by atoms with Crippen LogP contribution in [-0.2, 0) is 11.3 Å². The molecule has 0 radical (unpaired) electrons. The van der Waals surface area contributed by atoms with Gasteiger partial charge in [0.1, 0.15) is 12.4 Å². The molecule has 0 atom stereocenters. The lowest BCUT2D eigenvalue weighted by Crippen LogP contribution is -2.32. The van der Waals surface area contributed by atoms with E-state index in [0.29, 0.717) is 24.3 Å². The van der Waals surface area contributed by atoms with E-state index in [-0.39, 0.29) is 18.9 Å². The average molecular weight is 354 g/mol. The van der Waals surface area contributed by atoms with E-state index in [9.17, 15) is 9.59 Å². The number of ether oxygens (including phenoxy) is 1. The molecule has 1 aromatic heterocycles. The number of amides is 1. The first-order valence-electron chi connectivity index (χ1n) is 8.56. The highest BCUT2D eigenvalue weighted by Gasteiger charge is 2.13. The Balaban J connectivity index is 1.50. The van der Waals surface area contributed by atoms with Gasteiger partial charge in [0.25, 0.3) is 0 Å². The normalized spacial score (nSPS) is 10.8. The van der Waals surface area contributed by atoms with Crippen molar-refractivity contribution in [2.24, 2.45) is 0 Å². The van der Waals surface area contributed by atoms with E-state index in [1.165, 1.54) is 10.1 Å².